The van der Waals surface area contributed by atoms with Crippen LogP contribution in [0, 0.1) is 14.9 Å². The van der Waals surface area contributed by atoms with E-state index in [4.69, 9.17) is 10.00 Å². The molecule has 5 nitrogen and oxygen atoms in total. The predicted molar refractivity (Wildman–Crippen MR) is 103 cm³/mol. The Balaban J connectivity index is 1.64. The summed E-state index contributed by atoms with van der Waals surface area (Å²) >= 11 is 2.13. The van der Waals surface area contributed by atoms with Gasteiger partial charge in [0.1, 0.15) is 12.4 Å². The minimum absolute atomic E-state index is 0.00243. The zero-order chi connectivity index (χ0) is 20.5. The molecular formula is C19H14F3IN2O3. The lowest BCUT2D eigenvalue weighted by Crippen LogP contribution is -2.64. The molecule has 0 spiro atoms. The number of nitrogens with one attached hydrogen (secondary N) is 1. The predicted octanol–water partition coefficient (Wildman–Crippen LogP) is 3.75. The SMILES string of the molecule is N#Cc1ccc(NC2C[C@](O)(COc3ccc(I)cc3)C2=O)cc1C(F)(F)F. The molecule has 1 fully saturated rings. The van der Waals surface area contributed by atoms with Gasteiger partial charge < -0.3 is 15.2 Å². The van der Waals surface area contributed by atoms with Crippen molar-refractivity contribution in [2.24, 2.45) is 0 Å². The van der Waals surface area contributed by atoms with E-state index in [2.05, 4.69) is 27.9 Å². The van der Waals surface area contributed by atoms with E-state index in [0.717, 1.165) is 15.7 Å². The molecule has 1 saturated carbocycles. The molecular weight excluding hydrogens is 488 g/mol. The Hall–Kier alpha value is -2.32. The molecule has 146 valence electrons. The molecule has 28 heavy (non-hydrogen) atoms. The highest BCUT2D eigenvalue weighted by Gasteiger charge is 2.53. The van der Waals surface area contributed by atoms with Crippen LogP contribution in [0.2, 0.25) is 0 Å². The van der Waals surface area contributed by atoms with Crippen LogP contribution in [0.1, 0.15) is 17.5 Å². The molecule has 2 N–H and O–H groups in total. The highest BCUT2D eigenvalue weighted by Crippen LogP contribution is 2.36. The van der Waals surface area contributed by atoms with Crippen molar-refractivity contribution in [3.63, 3.8) is 0 Å². The topological polar surface area (TPSA) is 82.3 Å². The Morgan fingerprint density at radius 2 is 1.96 bits per heavy atom. The van der Waals surface area contributed by atoms with Crippen molar-refractivity contribution in [3.8, 4) is 11.8 Å². The van der Waals surface area contributed by atoms with Crippen molar-refractivity contribution in [1.82, 2.24) is 0 Å². The third-order valence-electron chi connectivity index (χ3n) is 4.39. The zero-order valence-corrected chi connectivity index (χ0v) is 16.4. The average molecular weight is 502 g/mol. The van der Waals surface area contributed by atoms with Gasteiger partial charge >= 0.3 is 6.18 Å². The summed E-state index contributed by atoms with van der Waals surface area (Å²) in [6.45, 7) is -0.244. The Bertz CT molecular complexity index is 941. The second kappa shape index (κ2) is 7.60. The van der Waals surface area contributed by atoms with E-state index in [1.54, 1.807) is 12.1 Å². The Labute approximate surface area is 172 Å². The number of alkyl halides is 3. The third-order valence-corrected chi connectivity index (χ3v) is 5.11. The van der Waals surface area contributed by atoms with E-state index in [0.29, 0.717) is 5.75 Å². The maximum absolute atomic E-state index is 13.0. The van der Waals surface area contributed by atoms with Crippen LogP contribution in [-0.2, 0) is 11.0 Å². The molecule has 0 bridgehead atoms. The monoisotopic (exact) mass is 502 g/mol. The van der Waals surface area contributed by atoms with E-state index in [1.165, 1.54) is 12.1 Å². The summed E-state index contributed by atoms with van der Waals surface area (Å²) in [6, 6.07) is 10.8. The van der Waals surface area contributed by atoms with Crippen molar-refractivity contribution in [1.29, 1.82) is 5.26 Å². The lowest BCUT2D eigenvalue weighted by Gasteiger charge is -2.41. The summed E-state index contributed by atoms with van der Waals surface area (Å²) in [6.07, 6.45) is -4.69. The van der Waals surface area contributed by atoms with Crippen LogP contribution in [-0.4, -0.2) is 29.1 Å². The minimum atomic E-state index is -4.69. The molecule has 3 rings (SSSR count). The van der Waals surface area contributed by atoms with Crippen LogP contribution in [0.15, 0.2) is 42.5 Å². The largest absolute Gasteiger partial charge is 0.490 e. The molecule has 9 heteroatoms. The third kappa shape index (κ3) is 4.23. The number of carbonyl (C=O) groups excluding carboxylic acids is 1. The lowest BCUT2D eigenvalue weighted by molar-refractivity contribution is -0.156. The first-order chi connectivity index (χ1) is 13.1. The second-order valence-electron chi connectivity index (χ2n) is 6.41. The van der Waals surface area contributed by atoms with Gasteiger partial charge in [-0.1, -0.05) is 0 Å². The summed E-state index contributed by atoms with van der Waals surface area (Å²) in [5, 5.41) is 21.9. The molecule has 0 heterocycles. The Morgan fingerprint density at radius 1 is 1.29 bits per heavy atom. The van der Waals surface area contributed by atoms with Gasteiger partial charge in [-0.05, 0) is 65.1 Å². The van der Waals surface area contributed by atoms with E-state index in [-0.39, 0.29) is 18.7 Å². The summed E-state index contributed by atoms with van der Waals surface area (Å²) in [5.41, 5.74) is -3.23. The number of nitriles is 1. The van der Waals surface area contributed by atoms with E-state index in [9.17, 15) is 23.1 Å². The van der Waals surface area contributed by atoms with Crippen LogP contribution >= 0.6 is 22.6 Å². The number of carbonyl (C=O) groups is 1. The van der Waals surface area contributed by atoms with Gasteiger partial charge in [0, 0.05) is 15.7 Å². The fourth-order valence-corrected chi connectivity index (χ4v) is 3.23. The molecule has 0 aromatic heterocycles. The highest BCUT2D eigenvalue weighted by atomic mass is 127. The van der Waals surface area contributed by atoms with Crippen molar-refractivity contribution >= 4 is 34.1 Å². The first-order valence-corrected chi connectivity index (χ1v) is 9.23. The number of halogens is 4. The quantitative estimate of drug-likeness (QED) is 0.610. The van der Waals surface area contributed by atoms with Crippen LogP contribution in [0.5, 0.6) is 5.75 Å². The van der Waals surface area contributed by atoms with Gasteiger partial charge in [-0.2, -0.15) is 18.4 Å². The maximum Gasteiger partial charge on any atom is 0.417 e. The first kappa shape index (κ1) is 20.4. The highest BCUT2D eigenvalue weighted by molar-refractivity contribution is 14.1. The first-order valence-electron chi connectivity index (χ1n) is 8.15. The molecule has 0 radical (unpaired) electrons. The van der Waals surface area contributed by atoms with E-state index < -0.39 is 34.7 Å². The van der Waals surface area contributed by atoms with Crippen molar-refractivity contribution in [2.75, 3.05) is 11.9 Å². The number of hydrogen-bond donors (Lipinski definition) is 2. The molecule has 1 unspecified atom stereocenters. The second-order valence-corrected chi connectivity index (χ2v) is 7.66. The summed E-state index contributed by atoms with van der Waals surface area (Å²) in [4.78, 5) is 12.3. The molecule has 2 atom stereocenters. The van der Waals surface area contributed by atoms with Crippen LogP contribution < -0.4 is 10.1 Å². The smallest absolute Gasteiger partial charge is 0.417 e. The number of anilines is 1. The zero-order valence-electron chi connectivity index (χ0n) is 14.3. The number of aliphatic hydroxyl groups is 1. The van der Waals surface area contributed by atoms with Crippen LogP contribution in [0.3, 0.4) is 0 Å². The van der Waals surface area contributed by atoms with Gasteiger partial charge in [0.2, 0.25) is 0 Å². The van der Waals surface area contributed by atoms with Crippen LogP contribution in [0.25, 0.3) is 0 Å². The molecule has 0 aliphatic heterocycles. The Kier molecular flexibility index (Phi) is 5.54. The van der Waals surface area contributed by atoms with Gasteiger partial charge in [-0.25, -0.2) is 0 Å². The molecule has 1 aliphatic rings. The standard InChI is InChI=1S/C19H14F3IN2O3/c20-19(21,22)15-7-13(4-1-11(15)9-24)25-16-8-18(27,17(16)26)10-28-14-5-2-12(23)3-6-14/h1-7,16,25,27H,8,10H2/t16?,18-/m0/s1. The molecule has 0 amide bonds. The van der Waals surface area contributed by atoms with Gasteiger partial charge in [-0.15, -0.1) is 0 Å². The Morgan fingerprint density at radius 3 is 2.54 bits per heavy atom. The average Bonchev–Trinajstić information content (AvgIpc) is 2.66. The number of Topliss-reactive ketones (excluding diaryl/α,β-unsaturated/α-hetero) is 1. The minimum Gasteiger partial charge on any atom is -0.490 e. The van der Waals surface area contributed by atoms with Gasteiger partial charge in [0.05, 0.1) is 23.2 Å². The number of ketones is 1. The number of nitrogens with zero attached hydrogens (tertiary/aromatic N) is 1. The number of benzene rings is 2. The van der Waals surface area contributed by atoms with Crippen molar-refractivity contribution in [3.05, 3.63) is 57.2 Å². The number of rotatable bonds is 5. The fourth-order valence-electron chi connectivity index (χ4n) is 2.87. The maximum atomic E-state index is 13.0. The fraction of sp³-hybridized carbons (Fsp3) is 0.263. The summed E-state index contributed by atoms with van der Waals surface area (Å²) < 4.78 is 45.5. The normalized spacial score (nSPS) is 21.6. The lowest BCUT2D eigenvalue weighted by atomic mass is 9.74. The number of hydrogen-bond acceptors (Lipinski definition) is 5. The summed E-state index contributed by atoms with van der Waals surface area (Å²) in [5.74, 6) is -0.0594. The molecule has 0 saturated heterocycles. The van der Waals surface area contributed by atoms with E-state index >= 15 is 0 Å². The van der Waals surface area contributed by atoms with Crippen molar-refractivity contribution < 1.29 is 27.8 Å². The van der Waals surface area contributed by atoms with Gasteiger partial charge in [-0.3, -0.25) is 4.79 Å². The molecule has 1 aliphatic carbocycles. The van der Waals surface area contributed by atoms with Crippen molar-refractivity contribution in [2.45, 2.75) is 24.2 Å². The molecule has 2 aromatic carbocycles. The van der Waals surface area contributed by atoms with E-state index in [1.807, 2.05) is 12.1 Å². The van der Waals surface area contributed by atoms with Crippen LogP contribution in [0.4, 0.5) is 18.9 Å². The summed E-state index contributed by atoms with van der Waals surface area (Å²) in [7, 11) is 0. The van der Waals surface area contributed by atoms with Gasteiger partial charge in [0.15, 0.2) is 11.4 Å². The van der Waals surface area contributed by atoms with Gasteiger partial charge in [0.25, 0.3) is 0 Å². The molecule has 2 aromatic rings. The number of ether oxygens (including phenoxy) is 1.